The third-order valence-electron chi connectivity index (χ3n) is 9.92. The molecular weight excluding hydrogens is 560 g/mol. The first kappa shape index (κ1) is 31.5. The van der Waals surface area contributed by atoms with Crippen LogP contribution in [-0.2, 0) is 36.8 Å². The number of benzene rings is 1. The molecule has 10 nitrogen and oxygen atoms in total. The Kier molecular flexibility index (Phi) is 9.27. The van der Waals surface area contributed by atoms with E-state index in [1.807, 2.05) is 24.3 Å². The number of alkyl carbamates (subject to hydrolysis) is 1. The molecule has 1 aromatic rings. The molecule has 4 aliphatic rings. The fourth-order valence-electron chi connectivity index (χ4n) is 7.07. The minimum Gasteiger partial charge on any atom is -0.449 e. The van der Waals surface area contributed by atoms with Crippen LogP contribution in [0.15, 0.2) is 49.6 Å². The van der Waals surface area contributed by atoms with Crippen LogP contribution in [0.3, 0.4) is 0 Å². The maximum atomic E-state index is 14.4. The molecule has 0 spiro atoms. The molecule has 1 heterocycles. The number of carbonyl (C=O) groups is 5. The van der Waals surface area contributed by atoms with Crippen molar-refractivity contribution in [2.75, 3.05) is 19.7 Å². The minimum absolute atomic E-state index is 0.101. The Morgan fingerprint density at radius 2 is 1.73 bits per heavy atom. The summed E-state index contributed by atoms with van der Waals surface area (Å²) in [7, 11) is 0. The van der Waals surface area contributed by atoms with E-state index in [0.717, 1.165) is 24.0 Å². The Balaban J connectivity index is 1.36. The minimum atomic E-state index is -1.07. The quantitative estimate of drug-likeness (QED) is 0.221. The Labute approximate surface area is 259 Å². The van der Waals surface area contributed by atoms with Crippen LogP contribution in [0.25, 0.3) is 0 Å². The molecule has 5 atom stereocenters. The van der Waals surface area contributed by atoms with Gasteiger partial charge in [0.05, 0.1) is 12.6 Å². The number of amides is 4. The van der Waals surface area contributed by atoms with Crippen LogP contribution >= 0.6 is 0 Å². The van der Waals surface area contributed by atoms with Gasteiger partial charge in [0.25, 0.3) is 5.91 Å². The van der Waals surface area contributed by atoms with Gasteiger partial charge in [-0.05, 0) is 78.7 Å². The largest absolute Gasteiger partial charge is 0.449 e. The highest BCUT2D eigenvalue weighted by molar-refractivity contribution is 6.38. The number of hydrogen-bond acceptors (Lipinski definition) is 6. The second kappa shape index (κ2) is 13.0. The number of likely N-dealkylation sites (tertiary alicyclic amines) is 1. The fraction of sp³-hybridized carbons (Fsp3) is 0.559. The summed E-state index contributed by atoms with van der Waals surface area (Å²) in [5.41, 5.74) is 2.11. The first-order chi connectivity index (χ1) is 21.1. The van der Waals surface area contributed by atoms with Crippen molar-refractivity contribution < 1.29 is 28.7 Å². The van der Waals surface area contributed by atoms with Crippen molar-refractivity contribution in [1.29, 1.82) is 0 Å². The number of rotatable bonds is 14. The molecule has 3 fully saturated rings. The normalized spacial score (nSPS) is 24.2. The summed E-state index contributed by atoms with van der Waals surface area (Å²) < 4.78 is 5.46. The van der Waals surface area contributed by atoms with Gasteiger partial charge in [0.1, 0.15) is 12.1 Å². The number of piperidine rings is 1. The summed E-state index contributed by atoms with van der Waals surface area (Å²) in [5.74, 6) is -2.20. The van der Waals surface area contributed by atoms with Crippen molar-refractivity contribution in [3.63, 3.8) is 0 Å². The van der Waals surface area contributed by atoms with E-state index in [1.165, 1.54) is 6.08 Å². The van der Waals surface area contributed by atoms with Gasteiger partial charge in [-0.2, -0.15) is 0 Å². The highest BCUT2D eigenvalue weighted by Gasteiger charge is 2.69. The standard InChI is InChI=1S/C34H44N4O6/c1-5-7-12-25(29(39)31(41)35-15-6-2)36-30(40)28-26-24(34(26,3)4)18-38(28)32(42)27(37-33(43)44-19-20-13-14-20)23-16-21-10-8-9-11-22(21)17-23/h5-6,8-11,20,23-28H,1-2,7,12-19H2,3-4H3,(H,35,41)(H,36,40)(H,37,43). The number of ketones is 1. The Hall–Kier alpha value is -3.95. The van der Waals surface area contributed by atoms with Crippen molar-refractivity contribution in [2.24, 2.45) is 29.1 Å². The first-order valence-corrected chi connectivity index (χ1v) is 15.7. The maximum absolute atomic E-state index is 14.4. The third-order valence-corrected chi connectivity index (χ3v) is 9.92. The van der Waals surface area contributed by atoms with Gasteiger partial charge in [-0.15, -0.1) is 13.2 Å². The van der Waals surface area contributed by atoms with Gasteiger partial charge in [-0.25, -0.2) is 4.79 Å². The number of allylic oxidation sites excluding steroid dienone is 1. The van der Waals surface area contributed by atoms with Crippen LogP contribution in [0.1, 0.15) is 50.7 Å². The molecule has 4 amide bonds. The van der Waals surface area contributed by atoms with Gasteiger partial charge in [0.2, 0.25) is 17.6 Å². The van der Waals surface area contributed by atoms with Gasteiger partial charge >= 0.3 is 6.09 Å². The van der Waals surface area contributed by atoms with Crippen molar-refractivity contribution in [3.05, 3.63) is 60.7 Å². The van der Waals surface area contributed by atoms with Crippen LogP contribution in [0.5, 0.6) is 0 Å². The lowest BCUT2D eigenvalue weighted by atomic mass is 9.93. The van der Waals surface area contributed by atoms with E-state index in [0.29, 0.717) is 38.3 Å². The molecule has 5 unspecified atom stereocenters. The Morgan fingerprint density at radius 1 is 1.05 bits per heavy atom. The predicted octanol–water partition coefficient (Wildman–Crippen LogP) is 2.71. The molecular formula is C34H44N4O6. The van der Waals surface area contributed by atoms with E-state index in [-0.39, 0.29) is 42.0 Å². The van der Waals surface area contributed by atoms with Crippen LogP contribution in [0, 0.1) is 29.1 Å². The van der Waals surface area contributed by atoms with E-state index < -0.39 is 41.8 Å². The number of nitrogens with one attached hydrogen (secondary N) is 3. The zero-order valence-corrected chi connectivity index (χ0v) is 25.7. The molecule has 1 saturated heterocycles. The number of Topliss-reactive ketones (excluding diaryl/α,β-unsaturated/α-hetero) is 1. The molecule has 3 N–H and O–H groups in total. The highest BCUT2D eigenvalue weighted by atomic mass is 16.5. The van der Waals surface area contributed by atoms with Crippen molar-refractivity contribution in [2.45, 2.75) is 70.5 Å². The molecule has 2 saturated carbocycles. The molecule has 3 aliphatic carbocycles. The smallest absolute Gasteiger partial charge is 0.407 e. The van der Waals surface area contributed by atoms with Crippen molar-refractivity contribution in [3.8, 4) is 0 Å². The molecule has 1 aromatic carbocycles. The van der Waals surface area contributed by atoms with E-state index >= 15 is 0 Å². The summed E-state index contributed by atoms with van der Waals surface area (Å²) in [6.45, 7) is 12.2. The van der Waals surface area contributed by atoms with Gasteiger partial charge in [-0.3, -0.25) is 19.2 Å². The van der Waals surface area contributed by atoms with Gasteiger partial charge in [0, 0.05) is 13.1 Å². The number of fused-ring (bicyclic) bond motifs is 2. The average Bonchev–Trinajstić information content (AvgIpc) is 3.78. The lowest BCUT2D eigenvalue weighted by molar-refractivity contribution is -0.144. The van der Waals surface area contributed by atoms with E-state index in [2.05, 4.69) is 43.0 Å². The van der Waals surface area contributed by atoms with Crippen LogP contribution in [0.2, 0.25) is 0 Å². The Bertz CT molecular complexity index is 1310. The summed E-state index contributed by atoms with van der Waals surface area (Å²) in [5, 5.41) is 8.16. The summed E-state index contributed by atoms with van der Waals surface area (Å²) in [6.07, 6.45) is 6.38. The molecule has 5 rings (SSSR count). The van der Waals surface area contributed by atoms with E-state index in [9.17, 15) is 24.0 Å². The average molecular weight is 605 g/mol. The zero-order valence-electron chi connectivity index (χ0n) is 25.7. The van der Waals surface area contributed by atoms with Crippen LogP contribution in [-0.4, -0.2) is 72.3 Å². The summed E-state index contributed by atoms with van der Waals surface area (Å²) >= 11 is 0. The van der Waals surface area contributed by atoms with E-state index in [4.69, 9.17) is 4.74 Å². The SMILES string of the molecule is C=CCCC(NC(=O)C1C2C(CN1C(=O)C(NC(=O)OCC1CC1)C1Cc3ccccc3C1)C2(C)C)C(=O)C(=O)NCC=C. The van der Waals surface area contributed by atoms with Gasteiger partial charge in [-0.1, -0.05) is 50.3 Å². The number of nitrogens with zero attached hydrogens (tertiary/aromatic N) is 1. The van der Waals surface area contributed by atoms with Gasteiger partial charge < -0.3 is 25.6 Å². The van der Waals surface area contributed by atoms with Crippen LogP contribution in [0.4, 0.5) is 4.79 Å². The third kappa shape index (κ3) is 6.59. The molecule has 10 heteroatoms. The Morgan fingerprint density at radius 3 is 2.34 bits per heavy atom. The lowest BCUT2D eigenvalue weighted by Gasteiger charge is -2.35. The number of hydrogen-bond donors (Lipinski definition) is 3. The van der Waals surface area contributed by atoms with Gasteiger partial charge in [0.15, 0.2) is 0 Å². The molecule has 0 radical (unpaired) electrons. The fourth-order valence-corrected chi connectivity index (χ4v) is 7.07. The summed E-state index contributed by atoms with van der Waals surface area (Å²) in [6, 6.07) is 5.22. The molecule has 0 bridgehead atoms. The van der Waals surface area contributed by atoms with Crippen LogP contribution < -0.4 is 16.0 Å². The molecule has 0 aromatic heterocycles. The van der Waals surface area contributed by atoms with Crippen molar-refractivity contribution in [1.82, 2.24) is 20.9 Å². The topological polar surface area (TPSA) is 134 Å². The molecule has 1 aliphatic heterocycles. The summed E-state index contributed by atoms with van der Waals surface area (Å²) in [4.78, 5) is 68.4. The molecule has 44 heavy (non-hydrogen) atoms. The highest BCUT2D eigenvalue weighted by Crippen LogP contribution is 2.65. The van der Waals surface area contributed by atoms with Crippen molar-refractivity contribution >= 4 is 29.6 Å². The lowest BCUT2D eigenvalue weighted by Crippen LogP contribution is -2.59. The monoisotopic (exact) mass is 604 g/mol. The number of ether oxygens (including phenoxy) is 1. The second-order valence-electron chi connectivity index (χ2n) is 13.3. The predicted molar refractivity (Wildman–Crippen MR) is 164 cm³/mol. The van der Waals surface area contributed by atoms with E-state index in [1.54, 1.807) is 11.0 Å². The zero-order chi connectivity index (χ0) is 31.6. The molecule has 236 valence electrons. The first-order valence-electron chi connectivity index (χ1n) is 15.7. The second-order valence-corrected chi connectivity index (χ2v) is 13.3. The maximum Gasteiger partial charge on any atom is 0.407 e. The number of carbonyl (C=O) groups excluding carboxylic acids is 5.